The molecule has 0 N–H and O–H groups in total. The van der Waals surface area contributed by atoms with Crippen molar-refractivity contribution in [3.8, 4) is 0 Å². The summed E-state index contributed by atoms with van der Waals surface area (Å²) in [5, 5.41) is 0. The summed E-state index contributed by atoms with van der Waals surface area (Å²) in [5.74, 6) is 2.36. The second-order valence-electron chi connectivity index (χ2n) is 5.69. The molecule has 0 bridgehead atoms. The highest BCUT2D eigenvalue weighted by Crippen LogP contribution is 2.34. The molecule has 2 aliphatic rings. The van der Waals surface area contributed by atoms with Crippen LogP contribution < -0.4 is 0 Å². The number of rotatable bonds is 2. The van der Waals surface area contributed by atoms with Gasteiger partial charge in [-0.15, -0.1) is 0 Å². The van der Waals surface area contributed by atoms with E-state index in [2.05, 4.69) is 6.92 Å². The van der Waals surface area contributed by atoms with Gasteiger partial charge in [0.05, 0.1) is 0 Å². The minimum absolute atomic E-state index is 0.435. The average molecular weight is 208 g/mol. The van der Waals surface area contributed by atoms with Crippen LogP contribution in [-0.4, -0.2) is 5.78 Å². The lowest BCUT2D eigenvalue weighted by Gasteiger charge is -2.29. The highest BCUT2D eigenvalue weighted by molar-refractivity contribution is 5.83. The van der Waals surface area contributed by atoms with Crippen molar-refractivity contribution in [3.63, 3.8) is 0 Å². The Balaban J connectivity index is 1.84. The molecule has 1 nitrogen and oxygen atoms in total. The lowest BCUT2D eigenvalue weighted by atomic mass is 9.74. The Bertz CT molecular complexity index is 207. The van der Waals surface area contributed by atoms with E-state index in [4.69, 9.17) is 0 Å². The van der Waals surface area contributed by atoms with Crippen LogP contribution in [0.5, 0.6) is 0 Å². The quantitative estimate of drug-likeness (QED) is 0.671. The normalized spacial score (nSPS) is 33.9. The summed E-state index contributed by atoms with van der Waals surface area (Å²) in [6.45, 7) is 2.32. The van der Waals surface area contributed by atoms with Crippen LogP contribution >= 0.6 is 0 Å². The van der Waals surface area contributed by atoms with Gasteiger partial charge in [0.1, 0.15) is 5.78 Å². The van der Waals surface area contributed by atoms with Crippen LogP contribution in [0.2, 0.25) is 0 Å². The molecule has 15 heavy (non-hydrogen) atoms. The molecule has 0 unspecified atom stereocenters. The standard InChI is InChI=1S/C14H24O/c1-11-7-9-13(10-8-11)14(15)12-5-3-2-4-6-12/h11-13H,2-10H2,1H3. The molecule has 1 heteroatoms. The van der Waals surface area contributed by atoms with Gasteiger partial charge < -0.3 is 0 Å². The molecule has 2 rings (SSSR count). The van der Waals surface area contributed by atoms with Crippen molar-refractivity contribution in [2.75, 3.05) is 0 Å². The molecule has 2 fully saturated rings. The maximum Gasteiger partial charge on any atom is 0.139 e. The van der Waals surface area contributed by atoms with E-state index in [1.807, 2.05) is 0 Å². The lowest BCUT2D eigenvalue weighted by Crippen LogP contribution is -2.28. The van der Waals surface area contributed by atoms with Gasteiger partial charge in [-0.2, -0.15) is 0 Å². The van der Waals surface area contributed by atoms with Crippen molar-refractivity contribution in [2.45, 2.75) is 64.7 Å². The number of carbonyl (C=O) groups excluding carboxylic acids is 1. The topological polar surface area (TPSA) is 17.1 Å². The van der Waals surface area contributed by atoms with Crippen LogP contribution in [0.25, 0.3) is 0 Å². The van der Waals surface area contributed by atoms with E-state index >= 15 is 0 Å². The van der Waals surface area contributed by atoms with E-state index in [0.717, 1.165) is 5.92 Å². The fourth-order valence-electron chi connectivity index (χ4n) is 3.27. The summed E-state index contributed by atoms with van der Waals surface area (Å²) in [5.41, 5.74) is 0. The Morgan fingerprint density at radius 3 is 1.93 bits per heavy atom. The maximum absolute atomic E-state index is 12.3. The largest absolute Gasteiger partial charge is 0.299 e. The zero-order valence-electron chi connectivity index (χ0n) is 10.0. The van der Waals surface area contributed by atoms with E-state index in [1.165, 1.54) is 57.8 Å². The van der Waals surface area contributed by atoms with Gasteiger partial charge in [-0.25, -0.2) is 0 Å². The molecule has 0 saturated heterocycles. The third kappa shape index (κ3) is 2.83. The zero-order valence-corrected chi connectivity index (χ0v) is 10.0. The second-order valence-corrected chi connectivity index (χ2v) is 5.69. The second kappa shape index (κ2) is 5.14. The molecule has 86 valence electrons. The number of ketones is 1. The fraction of sp³-hybridized carbons (Fsp3) is 0.929. The van der Waals surface area contributed by atoms with Gasteiger partial charge in [0.25, 0.3) is 0 Å². The number of Topliss-reactive ketones (excluding diaryl/α,β-unsaturated/α-hetero) is 1. The van der Waals surface area contributed by atoms with Crippen LogP contribution in [0.15, 0.2) is 0 Å². The Labute approximate surface area is 93.6 Å². The van der Waals surface area contributed by atoms with Crippen molar-refractivity contribution in [2.24, 2.45) is 17.8 Å². The molecule has 0 spiro atoms. The van der Waals surface area contributed by atoms with Crippen LogP contribution in [-0.2, 0) is 4.79 Å². The van der Waals surface area contributed by atoms with E-state index in [9.17, 15) is 4.79 Å². The molecule has 0 aromatic carbocycles. The minimum atomic E-state index is 0.435. The number of hydrogen-bond donors (Lipinski definition) is 0. The van der Waals surface area contributed by atoms with Crippen molar-refractivity contribution in [1.82, 2.24) is 0 Å². The summed E-state index contributed by atoms with van der Waals surface area (Å²) in [6, 6.07) is 0. The van der Waals surface area contributed by atoms with Gasteiger partial charge in [0.15, 0.2) is 0 Å². The Morgan fingerprint density at radius 1 is 0.800 bits per heavy atom. The van der Waals surface area contributed by atoms with Crippen molar-refractivity contribution in [1.29, 1.82) is 0 Å². The molecule has 0 amide bonds. The fourth-order valence-corrected chi connectivity index (χ4v) is 3.27. The summed E-state index contributed by atoms with van der Waals surface area (Å²) in [4.78, 5) is 12.3. The van der Waals surface area contributed by atoms with Gasteiger partial charge in [0.2, 0.25) is 0 Å². The highest BCUT2D eigenvalue weighted by atomic mass is 16.1. The van der Waals surface area contributed by atoms with E-state index in [-0.39, 0.29) is 0 Å². The Kier molecular flexibility index (Phi) is 3.82. The van der Waals surface area contributed by atoms with Crippen LogP contribution in [0.4, 0.5) is 0 Å². The number of hydrogen-bond acceptors (Lipinski definition) is 1. The van der Waals surface area contributed by atoms with Crippen LogP contribution in [0.3, 0.4) is 0 Å². The van der Waals surface area contributed by atoms with Gasteiger partial charge in [-0.3, -0.25) is 4.79 Å². The Morgan fingerprint density at radius 2 is 1.33 bits per heavy atom. The van der Waals surface area contributed by atoms with E-state index < -0.39 is 0 Å². The summed E-state index contributed by atoms with van der Waals surface area (Å²) in [6.07, 6.45) is 11.2. The lowest BCUT2D eigenvalue weighted by molar-refractivity contribution is -0.129. The highest BCUT2D eigenvalue weighted by Gasteiger charge is 2.30. The van der Waals surface area contributed by atoms with E-state index in [1.54, 1.807) is 0 Å². The predicted molar refractivity (Wildman–Crippen MR) is 62.7 cm³/mol. The first-order valence-corrected chi connectivity index (χ1v) is 6.81. The molecule has 0 aliphatic heterocycles. The minimum Gasteiger partial charge on any atom is -0.299 e. The smallest absolute Gasteiger partial charge is 0.139 e. The summed E-state index contributed by atoms with van der Waals surface area (Å²) >= 11 is 0. The third-order valence-electron chi connectivity index (χ3n) is 4.43. The SMILES string of the molecule is CC1CCC(C(=O)C2CCCCC2)CC1. The van der Waals surface area contributed by atoms with Crippen molar-refractivity contribution < 1.29 is 4.79 Å². The first-order valence-electron chi connectivity index (χ1n) is 6.81. The number of carbonyl (C=O) groups is 1. The predicted octanol–water partition coefficient (Wildman–Crippen LogP) is 3.96. The summed E-state index contributed by atoms with van der Waals surface area (Å²) in [7, 11) is 0. The third-order valence-corrected chi connectivity index (χ3v) is 4.43. The average Bonchev–Trinajstić information content (AvgIpc) is 2.30. The van der Waals surface area contributed by atoms with Crippen LogP contribution in [0, 0.1) is 17.8 Å². The molecule has 0 aromatic rings. The molecule has 2 aliphatic carbocycles. The van der Waals surface area contributed by atoms with Crippen molar-refractivity contribution >= 4 is 5.78 Å². The first-order chi connectivity index (χ1) is 7.27. The molecule has 0 heterocycles. The Hall–Kier alpha value is -0.330. The van der Waals surface area contributed by atoms with Gasteiger partial charge in [-0.1, -0.05) is 39.0 Å². The van der Waals surface area contributed by atoms with Gasteiger partial charge in [-0.05, 0) is 31.6 Å². The first kappa shape index (κ1) is 11.2. The molecule has 0 atom stereocenters. The van der Waals surface area contributed by atoms with Gasteiger partial charge >= 0.3 is 0 Å². The van der Waals surface area contributed by atoms with Crippen molar-refractivity contribution in [3.05, 3.63) is 0 Å². The van der Waals surface area contributed by atoms with Crippen LogP contribution in [0.1, 0.15) is 64.7 Å². The van der Waals surface area contributed by atoms with Gasteiger partial charge in [0, 0.05) is 11.8 Å². The van der Waals surface area contributed by atoms with E-state index in [0.29, 0.717) is 17.6 Å². The maximum atomic E-state index is 12.3. The summed E-state index contributed by atoms with van der Waals surface area (Å²) < 4.78 is 0. The monoisotopic (exact) mass is 208 g/mol. The molecular formula is C14H24O. The zero-order chi connectivity index (χ0) is 10.7. The molecule has 0 aromatic heterocycles. The molecular weight excluding hydrogens is 184 g/mol. The molecule has 0 radical (unpaired) electrons. The molecule has 2 saturated carbocycles.